The molecule has 0 radical (unpaired) electrons. The molecule has 0 unspecified atom stereocenters. The van der Waals surface area contributed by atoms with Gasteiger partial charge in [-0.05, 0) is 30.0 Å². The van der Waals surface area contributed by atoms with Crippen LogP contribution in [0.4, 0.5) is 11.4 Å². The van der Waals surface area contributed by atoms with Crippen LogP contribution in [0.25, 0.3) is 0 Å². The lowest BCUT2D eigenvalue weighted by Crippen LogP contribution is -2.12. The van der Waals surface area contributed by atoms with Crippen LogP contribution in [0.2, 0.25) is 0 Å². The van der Waals surface area contributed by atoms with E-state index < -0.39 is 0 Å². The first-order chi connectivity index (χ1) is 7.68. The van der Waals surface area contributed by atoms with Crippen LogP contribution in [-0.4, -0.2) is 4.99 Å². The molecule has 4 heteroatoms. The zero-order chi connectivity index (χ0) is 11.5. The maximum Gasteiger partial charge on any atom is 0.106 e. The summed E-state index contributed by atoms with van der Waals surface area (Å²) in [4.78, 5) is 0.418. The Balaban J connectivity index is 2.42. The Labute approximate surface area is 104 Å². The standard InChI is InChI=1S/C12H12N2S2/c1-8-3-2-4-10(12(13)15)11(8)14-9-5-6-16-7-9/h2-7,14H,1H3,(H2,13,15). The first-order valence-electron chi connectivity index (χ1n) is 4.87. The number of thiophene rings is 1. The van der Waals surface area contributed by atoms with E-state index in [2.05, 4.69) is 10.7 Å². The molecule has 2 rings (SSSR count). The second-order valence-electron chi connectivity index (χ2n) is 3.50. The summed E-state index contributed by atoms with van der Waals surface area (Å²) in [6, 6.07) is 7.96. The Morgan fingerprint density at radius 2 is 2.19 bits per heavy atom. The van der Waals surface area contributed by atoms with Crippen molar-refractivity contribution in [3.05, 3.63) is 46.2 Å². The van der Waals surface area contributed by atoms with E-state index in [0.29, 0.717) is 4.99 Å². The van der Waals surface area contributed by atoms with Crippen molar-refractivity contribution in [2.24, 2.45) is 5.73 Å². The van der Waals surface area contributed by atoms with Crippen molar-refractivity contribution in [1.29, 1.82) is 0 Å². The first-order valence-corrected chi connectivity index (χ1v) is 6.22. The number of anilines is 2. The average molecular weight is 248 g/mol. The van der Waals surface area contributed by atoms with E-state index in [0.717, 1.165) is 22.5 Å². The Morgan fingerprint density at radius 3 is 2.81 bits per heavy atom. The largest absolute Gasteiger partial charge is 0.389 e. The van der Waals surface area contributed by atoms with Gasteiger partial charge in [0, 0.05) is 16.6 Å². The summed E-state index contributed by atoms with van der Waals surface area (Å²) in [5, 5.41) is 7.43. The number of hydrogen-bond acceptors (Lipinski definition) is 3. The fourth-order valence-corrected chi connectivity index (χ4v) is 2.28. The van der Waals surface area contributed by atoms with Gasteiger partial charge in [0.1, 0.15) is 4.99 Å². The molecule has 2 aromatic rings. The maximum atomic E-state index is 5.71. The lowest BCUT2D eigenvalue weighted by atomic mass is 10.1. The minimum absolute atomic E-state index is 0.418. The number of nitrogens with one attached hydrogen (secondary N) is 1. The van der Waals surface area contributed by atoms with Crippen LogP contribution in [0.15, 0.2) is 35.0 Å². The fraction of sp³-hybridized carbons (Fsp3) is 0.0833. The summed E-state index contributed by atoms with van der Waals surface area (Å²) >= 11 is 6.70. The molecule has 1 aromatic heterocycles. The predicted octanol–water partition coefficient (Wildman–Crippen LogP) is 3.43. The van der Waals surface area contributed by atoms with Crippen LogP contribution >= 0.6 is 23.6 Å². The third-order valence-corrected chi connectivity index (χ3v) is 3.23. The number of hydrogen-bond donors (Lipinski definition) is 2. The molecule has 0 bridgehead atoms. The van der Waals surface area contributed by atoms with Crippen molar-refractivity contribution < 1.29 is 0 Å². The summed E-state index contributed by atoms with van der Waals surface area (Å²) in [5.41, 5.74) is 9.79. The molecule has 16 heavy (non-hydrogen) atoms. The topological polar surface area (TPSA) is 38.0 Å². The van der Waals surface area contributed by atoms with E-state index in [4.69, 9.17) is 18.0 Å². The number of nitrogens with two attached hydrogens (primary N) is 1. The monoisotopic (exact) mass is 248 g/mol. The molecule has 0 atom stereocenters. The molecule has 0 fully saturated rings. The highest BCUT2D eigenvalue weighted by Crippen LogP contribution is 2.26. The molecule has 82 valence electrons. The van der Waals surface area contributed by atoms with Crippen molar-refractivity contribution >= 4 is 39.9 Å². The highest BCUT2D eigenvalue weighted by molar-refractivity contribution is 7.80. The molecule has 2 nitrogen and oxygen atoms in total. The van der Waals surface area contributed by atoms with Crippen molar-refractivity contribution in [3.8, 4) is 0 Å². The van der Waals surface area contributed by atoms with Crippen LogP contribution in [0.5, 0.6) is 0 Å². The first kappa shape index (κ1) is 11.1. The highest BCUT2D eigenvalue weighted by Gasteiger charge is 2.07. The summed E-state index contributed by atoms with van der Waals surface area (Å²) in [6.07, 6.45) is 0. The van der Waals surface area contributed by atoms with E-state index in [1.165, 1.54) is 0 Å². The number of thiocarbonyl (C=S) groups is 1. The predicted molar refractivity (Wildman–Crippen MR) is 74.7 cm³/mol. The van der Waals surface area contributed by atoms with Crippen LogP contribution in [-0.2, 0) is 0 Å². The van der Waals surface area contributed by atoms with Gasteiger partial charge in [0.05, 0.1) is 5.69 Å². The number of para-hydroxylation sites is 1. The van der Waals surface area contributed by atoms with Crippen LogP contribution in [0.3, 0.4) is 0 Å². The Bertz CT molecular complexity index is 504. The van der Waals surface area contributed by atoms with Gasteiger partial charge in [0.2, 0.25) is 0 Å². The van der Waals surface area contributed by atoms with E-state index in [-0.39, 0.29) is 0 Å². The Morgan fingerprint density at radius 1 is 1.38 bits per heavy atom. The van der Waals surface area contributed by atoms with E-state index in [1.807, 2.05) is 36.6 Å². The minimum Gasteiger partial charge on any atom is -0.389 e. The fourth-order valence-electron chi connectivity index (χ4n) is 1.52. The summed E-state index contributed by atoms with van der Waals surface area (Å²) in [6.45, 7) is 2.04. The second-order valence-corrected chi connectivity index (χ2v) is 4.72. The van der Waals surface area contributed by atoms with Crippen LogP contribution in [0.1, 0.15) is 11.1 Å². The van der Waals surface area contributed by atoms with Gasteiger partial charge in [-0.2, -0.15) is 11.3 Å². The Kier molecular flexibility index (Phi) is 3.22. The third kappa shape index (κ3) is 2.23. The van der Waals surface area contributed by atoms with Gasteiger partial charge in [-0.25, -0.2) is 0 Å². The second kappa shape index (κ2) is 4.63. The zero-order valence-electron chi connectivity index (χ0n) is 8.86. The number of rotatable bonds is 3. The molecule has 0 aliphatic heterocycles. The van der Waals surface area contributed by atoms with Gasteiger partial charge in [0.15, 0.2) is 0 Å². The summed E-state index contributed by atoms with van der Waals surface area (Å²) < 4.78 is 0. The molecule has 0 saturated carbocycles. The SMILES string of the molecule is Cc1cccc(C(N)=S)c1Nc1ccsc1. The molecule has 0 spiro atoms. The molecule has 0 saturated heterocycles. The van der Waals surface area contributed by atoms with Gasteiger partial charge in [-0.15, -0.1) is 0 Å². The van der Waals surface area contributed by atoms with Gasteiger partial charge < -0.3 is 11.1 Å². The van der Waals surface area contributed by atoms with Gasteiger partial charge >= 0.3 is 0 Å². The van der Waals surface area contributed by atoms with Crippen LogP contribution in [0, 0.1) is 6.92 Å². The van der Waals surface area contributed by atoms with Gasteiger partial charge in [-0.1, -0.05) is 24.4 Å². The molecule has 0 aliphatic carbocycles. The lowest BCUT2D eigenvalue weighted by molar-refractivity contribution is 1.42. The summed E-state index contributed by atoms with van der Waals surface area (Å²) in [5.74, 6) is 0. The number of benzene rings is 1. The van der Waals surface area contributed by atoms with Crippen molar-refractivity contribution in [2.75, 3.05) is 5.32 Å². The Hall–Kier alpha value is -1.39. The smallest absolute Gasteiger partial charge is 0.106 e. The van der Waals surface area contributed by atoms with Crippen molar-refractivity contribution in [3.63, 3.8) is 0 Å². The zero-order valence-corrected chi connectivity index (χ0v) is 10.5. The molecule has 1 aromatic carbocycles. The van der Waals surface area contributed by atoms with E-state index >= 15 is 0 Å². The maximum absolute atomic E-state index is 5.71. The minimum atomic E-state index is 0.418. The molecule has 1 heterocycles. The third-order valence-electron chi connectivity index (χ3n) is 2.33. The van der Waals surface area contributed by atoms with E-state index in [9.17, 15) is 0 Å². The average Bonchev–Trinajstić information content (AvgIpc) is 2.73. The molecule has 3 N–H and O–H groups in total. The van der Waals surface area contributed by atoms with Gasteiger partial charge in [0.25, 0.3) is 0 Å². The van der Waals surface area contributed by atoms with Crippen molar-refractivity contribution in [2.45, 2.75) is 6.92 Å². The normalized spacial score (nSPS) is 10.1. The van der Waals surface area contributed by atoms with E-state index in [1.54, 1.807) is 11.3 Å². The number of aryl methyl sites for hydroxylation is 1. The lowest BCUT2D eigenvalue weighted by Gasteiger charge is -2.12. The van der Waals surface area contributed by atoms with Gasteiger partial charge in [-0.3, -0.25) is 0 Å². The quantitative estimate of drug-likeness (QED) is 0.817. The van der Waals surface area contributed by atoms with Crippen molar-refractivity contribution in [1.82, 2.24) is 0 Å². The summed E-state index contributed by atoms with van der Waals surface area (Å²) in [7, 11) is 0. The molecular formula is C12H12N2S2. The highest BCUT2D eigenvalue weighted by atomic mass is 32.1. The van der Waals surface area contributed by atoms with Crippen LogP contribution < -0.4 is 11.1 Å². The molecule has 0 amide bonds. The molecule has 0 aliphatic rings. The molecular weight excluding hydrogens is 236 g/mol.